The highest BCUT2D eigenvalue weighted by Gasteiger charge is 2.06. The van der Waals surface area contributed by atoms with Crippen molar-refractivity contribution >= 4 is 55.8 Å². The lowest BCUT2D eigenvalue weighted by Crippen LogP contribution is -2.00. The number of nitrogens with one attached hydrogen (secondary N) is 1. The van der Waals surface area contributed by atoms with Gasteiger partial charge >= 0.3 is 0 Å². The molecule has 0 aliphatic rings. The molecule has 5 heteroatoms. The van der Waals surface area contributed by atoms with E-state index < -0.39 is 0 Å². The number of anilines is 1. The number of halogens is 3. The van der Waals surface area contributed by atoms with Crippen molar-refractivity contribution in [3.8, 4) is 5.75 Å². The van der Waals surface area contributed by atoms with Crippen molar-refractivity contribution in [2.75, 3.05) is 5.32 Å². The molecule has 2 nitrogen and oxygen atoms in total. The molecule has 0 fully saturated rings. The molecule has 0 bridgehead atoms. The largest absolute Gasteiger partial charge is 0.506 e. The molecule has 0 radical (unpaired) electrons. The molecular formula is C13H10BrClINO. The second-order valence-corrected chi connectivity index (χ2v) is 6.23. The van der Waals surface area contributed by atoms with Gasteiger partial charge in [-0.05, 0) is 62.8 Å². The summed E-state index contributed by atoms with van der Waals surface area (Å²) in [5.74, 6) is 0.256. The summed E-state index contributed by atoms with van der Waals surface area (Å²) in [7, 11) is 0. The normalized spacial score (nSPS) is 10.4. The van der Waals surface area contributed by atoms with E-state index in [4.69, 9.17) is 11.6 Å². The summed E-state index contributed by atoms with van der Waals surface area (Å²) in [6.45, 7) is 0.519. The third-order valence-corrected chi connectivity index (χ3v) is 4.09. The number of rotatable bonds is 3. The predicted molar refractivity (Wildman–Crippen MR) is 87.3 cm³/mol. The first kappa shape index (κ1) is 14.0. The highest BCUT2D eigenvalue weighted by molar-refractivity contribution is 14.1. The highest BCUT2D eigenvalue weighted by atomic mass is 127. The van der Waals surface area contributed by atoms with E-state index in [9.17, 15) is 5.11 Å². The molecule has 0 spiro atoms. The Labute approximate surface area is 133 Å². The Morgan fingerprint density at radius 3 is 2.78 bits per heavy atom. The zero-order valence-corrected chi connectivity index (χ0v) is 13.8. The molecule has 0 heterocycles. The smallest absolute Gasteiger partial charge is 0.134 e. The van der Waals surface area contributed by atoms with Crippen LogP contribution >= 0.6 is 50.1 Å². The molecule has 0 saturated heterocycles. The molecule has 0 atom stereocenters. The van der Waals surface area contributed by atoms with E-state index in [0.29, 0.717) is 16.0 Å². The van der Waals surface area contributed by atoms with E-state index in [1.54, 1.807) is 6.07 Å². The number of aromatic hydroxyl groups is 1. The van der Waals surface area contributed by atoms with Gasteiger partial charge in [0, 0.05) is 15.7 Å². The van der Waals surface area contributed by atoms with E-state index in [2.05, 4.69) is 43.8 Å². The second-order valence-electron chi connectivity index (χ2n) is 3.73. The fourth-order valence-corrected chi connectivity index (χ4v) is 2.86. The van der Waals surface area contributed by atoms with E-state index in [1.165, 1.54) is 0 Å². The van der Waals surface area contributed by atoms with Gasteiger partial charge in [-0.3, -0.25) is 0 Å². The molecule has 18 heavy (non-hydrogen) atoms. The monoisotopic (exact) mass is 437 g/mol. The van der Waals surface area contributed by atoms with Gasteiger partial charge in [-0.2, -0.15) is 0 Å². The van der Waals surface area contributed by atoms with Crippen molar-refractivity contribution in [2.45, 2.75) is 6.54 Å². The summed E-state index contributed by atoms with van der Waals surface area (Å²) in [5.41, 5.74) is 1.68. The van der Waals surface area contributed by atoms with E-state index in [1.807, 2.05) is 30.3 Å². The quantitative estimate of drug-likeness (QED) is 0.660. The predicted octanol–water partition coefficient (Wildman–Crippen LogP) is 5.02. The molecule has 0 amide bonds. The summed E-state index contributed by atoms with van der Waals surface area (Å²) in [4.78, 5) is 0. The molecule has 2 aromatic carbocycles. The summed E-state index contributed by atoms with van der Waals surface area (Å²) in [6.07, 6.45) is 0. The Hall–Kier alpha value is -0.460. The average molecular weight is 438 g/mol. The zero-order chi connectivity index (χ0) is 13.1. The number of phenols is 1. The zero-order valence-electron chi connectivity index (χ0n) is 9.25. The Morgan fingerprint density at radius 1 is 1.28 bits per heavy atom. The summed E-state index contributed by atoms with van der Waals surface area (Å²) in [5, 5.41) is 13.8. The van der Waals surface area contributed by atoms with Gasteiger partial charge in [0.15, 0.2) is 0 Å². The van der Waals surface area contributed by atoms with E-state index in [-0.39, 0.29) is 5.75 Å². The lowest BCUT2D eigenvalue weighted by molar-refractivity contribution is 0.465. The van der Waals surface area contributed by atoms with E-state index in [0.717, 1.165) is 14.8 Å². The van der Waals surface area contributed by atoms with Crippen LogP contribution < -0.4 is 5.32 Å². The van der Waals surface area contributed by atoms with Crippen LogP contribution in [0.3, 0.4) is 0 Å². The number of benzene rings is 2. The maximum atomic E-state index is 9.87. The SMILES string of the molecule is Oc1c(Br)cccc1CNc1ccc(I)cc1Cl. The Balaban J connectivity index is 2.14. The number of para-hydroxylation sites is 1. The molecule has 94 valence electrons. The topological polar surface area (TPSA) is 32.3 Å². The van der Waals surface area contributed by atoms with Gasteiger partial charge in [0.05, 0.1) is 15.2 Å². The molecule has 0 aliphatic heterocycles. The lowest BCUT2D eigenvalue weighted by atomic mass is 10.2. The van der Waals surface area contributed by atoms with Crippen LogP contribution in [0.15, 0.2) is 40.9 Å². The Morgan fingerprint density at radius 2 is 2.06 bits per heavy atom. The lowest BCUT2D eigenvalue weighted by Gasteiger charge is -2.10. The molecule has 0 aromatic heterocycles. The van der Waals surface area contributed by atoms with Crippen LogP contribution in [-0.4, -0.2) is 5.11 Å². The minimum Gasteiger partial charge on any atom is -0.506 e. The summed E-state index contributed by atoms with van der Waals surface area (Å²) < 4.78 is 1.78. The Bertz CT molecular complexity index is 577. The first-order valence-electron chi connectivity index (χ1n) is 5.23. The maximum Gasteiger partial charge on any atom is 0.134 e. The van der Waals surface area contributed by atoms with E-state index >= 15 is 0 Å². The summed E-state index contributed by atoms with van der Waals surface area (Å²) >= 11 is 11.6. The highest BCUT2D eigenvalue weighted by Crippen LogP contribution is 2.29. The van der Waals surface area contributed by atoms with Crippen molar-refractivity contribution in [1.29, 1.82) is 0 Å². The van der Waals surface area contributed by atoms with Crippen molar-refractivity contribution in [1.82, 2.24) is 0 Å². The van der Waals surface area contributed by atoms with Crippen LogP contribution in [0, 0.1) is 3.57 Å². The first-order valence-corrected chi connectivity index (χ1v) is 7.48. The number of hydrogen-bond donors (Lipinski definition) is 2. The summed E-state index contributed by atoms with van der Waals surface area (Å²) in [6, 6.07) is 11.4. The van der Waals surface area contributed by atoms with Crippen LogP contribution in [0.1, 0.15) is 5.56 Å². The molecule has 0 unspecified atom stereocenters. The van der Waals surface area contributed by atoms with Gasteiger partial charge < -0.3 is 10.4 Å². The molecular weight excluding hydrogens is 428 g/mol. The van der Waals surface area contributed by atoms with Gasteiger partial charge in [-0.25, -0.2) is 0 Å². The minimum absolute atomic E-state index is 0.256. The van der Waals surface area contributed by atoms with Crippen molar-refractivity contribution in [3.63, 3.8) is 0 Å². The fraction of sp³-hybridized carbons (Fsp3) is 0.0769. The third kappa shape index (κ3) is 3.30. The number of phenolic OH excluding ortho intramolecular Hbond substituents is 1. The van der Waals surface area contributed by atoms with Crippen LogP contribution in [0.4, 0.5) is 5.69 Å². The van der Waals surface area contributed by atoms with Crippen LogP contribution in [-0.2, 0) is 6.54 Å². The van der Waals surface area contributed by atoms with Gasteiger partial charge in [-0.1, -0.05) is 23.7 Å². The van der Waals surface area contributed by atoms with Crippen molar-refractivity contribution in [2.24, 2.45) is 0 Å². The molecule has 2 aromatic rings. The third-order valence-electron chi connectivity index (χ3n) is 2.47. The molecule has 0 saturated carbocycles. The van der Waals surface area contributed by atoms with Crippen molar-refractivity contribution < 1.29 is 5.11 Å². The van der Waals surface area contributed by atoms with Gasteiger partial charge in [0.1, 0.15) is 5.75 Å². The van der Waals surface area contributed by atoms with Gasteiger partial charge in [-0.15, -0.1) is 0 Å². The van der Waals surface area contributed by atoms with Gasteiger partial charge in [0.2, 0.25) is 0 Å². The van der Waals surface area contributed by atoms with Crippen LogP contribution in [0.25, 0.3) is 0 Å². The first-order chi connectivity index (χ1) is 8.58. The van der Waals surface area contributed by atoms with Crippen LogP contribution in [0.5, 0.6) is 5.75 Å². The molecule has 2 N–H and O–H groups in total. The maximum absolute atomic E-state index is 9.87. The minimum atomic E-state index is 0.256. The van der Waals surface area contributed by atoms with Gasteiger partial charge in [0.25, 0.3) is 0 Å². The molecule has 0 aliphatic carbocycles. The molecule has 2 rings (SSSR count). The fourth-order valence-electron chi connectivity index (χ4n) is 1.53. The van der Waals surface area contributed by atoms with Crippen LogP contribution in [0.2, 0.25) is 5.02 Å². The average Bonchev–Trinajstić information content (AvgIpc) is 2.33. The number of hydrogen-bond acceptors (Lipinski definition) is 2. The second kappa shape index (κ2) is 6.12. The van der Waals surface area contributed by atoms with Crippen molar-refractivity contribution in [3.05, 3.63) is 55.0 Å². The Kier molecular flexibility index (Phi) is 4.75. The standard InChI is InChI=1S/C13H10BrClINO/c14-10-3-1-2-8(13(10)18)7-17-12-5-4-9(16)6-11(12)15/h1-6,17-18H,7H2.